The molecule has 1 aromatic heterocycles. The van der Waals surface area contributed by atoms with Crippen LogP contribution in [0.2, 0.25) is 0 Å². The van der Waals surface area contributed by atoms with Gasteiger partial charge in [0.25, 0.3) is 5.91 Å². The second-order valence-corrected chi connectivity index (χ2v) is 8.33. The van der Waals surface area contributed by atoms with Crippen molar-refractivity contribution in [2.24, 2.45) is 11.7 Å². The van der Waals surface area contributed by atoms with Crippen LogP contribution in [-0.4, -0.2) is 29.8 Å². The number of nitrogens with zero attached hydrogens (tertiary/aromatic N) is 1. The number of primary amides is 1. The highest BCUT2D eigenvalue weighted by Gasteiger charge is 2.20. The standard InChI is InChI=1S/C26H29N5O2/c27-26(33)22-17-30-25(14-23(22)29-15-19-5-2-1-3-6-19)31-21-10-8-18(9-11-21)13-24(32)20-7-4-12-28-16-20/h1-3,5-6,8-11,14,17,20,28H,4,7,12-13,15-16H2,(H2,27,33)(H2,29,30,31). The molecule has 1 atom stereocenters. The van der Waals surface area contributed by atoms with Gasteiger partial charge in [0.05, 0.1) is 11.3 Å². The van der Waals surface area contributed by atoms with Gasteiger partial charge in [-0.2, -0.15) is 0 Å². The largest absolute Gasteiger partial charge is 0.380 e. The number of aromatic nitrogens is 1. The molecule has 4 rings (SSSR count). The van der Waals surface area contributed by atoms with Crippen LogP contribution in [0.15, 0.2) is 66.9 Å². The van der Waals surface area contributed by atoms with Crippen molar-refractivity contribution in [3.63, 3.8) is 0 Å². The van der Waals surface area contributed by atoms with Crippen LogP contribution in [0, 0.1) is 5.92 Å². The van der Waals surface area contributed by atoms with Gasteiger partial charge >= 0.3 is 0 Å². The predicted molar refractivity (Wildman–Crippen MR) is 131 cm³/mol. The van der Waals surface area contributed by atoms with Gasteiger partial charge in [-0.3, -0.25) is 9.59 Å². The molecule has 7 heteroatoms. The van der Waals surface area contributed by atoms with Crippen molar-refractivity contribution in [2.75, 3.05) is 23.7 Å². The summed E-state index contributed by atoms with van der Waals surface area (Å²) in [6, 6.07) is 19.5. The lowest BCUT2D eigenvalue weighted by Gasteiger charge is -2.21. The van der Waals surface area contributed by atoms with Crippen LogP contribution in [0.25, 0.3) is 0 Å². The molecule has 0 radical (unpaired) electrons. The summed E-state index contributed by atoms with van der Waals surface area (Å²) in [6.07, 6.45) is 3.96. The maximum atomic E-state index is 12.5. The smallest absolute Gasteiger partial charge is 0.252 e. The molecule has 1 aliphatic heterocycles. The molecule has 1 saturated heterocycles. The lowest BCUT2D eigenvalue weighted by molar-refractivity contribution is -0.122. The molecule has 7 nitrogen and oxygen atoms in total. The number of ketones is 1. The summed E-state index contributed by atoms with van der Waals surface area (Å²) in [4.78, 5) is 28.7. The van der Waals surface area contributed by atoms with E-state index in [2.05, 4.69) is 20.9 Å². The number of amides is 1. The molecule has 1 amide bonds. The molecule has 0 saturated carbocycles. The van der Waals surface area contributed by atoms with Gasteiger partial charge in [0.2, 0.25) is 0 Å². The van der Waals surface area contributed by atoms with E-state index < -0.39 is 5.91 Å². The minimum Gasteiger partial charge on any atom is -0.380 e. The van der Waals surface area contributed by atoms with Gasteiger partial charge in [0, 0.05) is 43.4 Å². The van der Waals surface area contributed by atoms with E-state index in [0.717, 1.165) is 42.7 Å². The van der Waals surface area contributed by atoms with Gasteiger partial charge in [0.1, 0.15) is 11.6 Å². The van der Waals surface area contributed by atoms with Gasteiger partial charge in [-0.15, -0.1) is 0 Å². The molecule has 1 fully saturated rings. The SMILES string of the molecule is NC(=O)c1cnc(Nc2ccc(CC(=O)C3CCCNC3)cc2)cc1NCc1ccccc1. The number of carbonyl (C=O) groups excluding carboxylic acids is 2. The van der Waals surface area contributed by atoms with Crippen LogP contribution in [0.1, 0.15) is 34.3 Å². The molecule has 170 valence electrons. The summed E-state index contributed by atoms with van der Waals surface area (Å²) in [5, 5.41) is 9.83. The molecule has 0 aliphatic carbocycles. The summed E-state index contributed by atoms with van der Waals surface area (Å²) in [5.41, 5.74) is 9.41. The molecular weight excluding hydrogens is 414 g/mol. The van der Waals surface area contributed by atoms with Crippen LogP contribution < -0.4 is 21.7 Å². The average molecular weight is 444 g/mol. The summed E-state index contributed by atoms with van der Waals surface area (Å²) in [7, 11) is 0. The second-order valence-electron chi connectivity index (χ2n) is 8.33. The van der Waals surface area contributed by atoms with Crippen molar-refractivity contribution < 1.29 is 9.59 Å². The van der Waals surface area contributed by atoms with Gasteiger partial charge in [-0.1, -0.05) is 42.5 Å². The lowest BCUT2D eigenvalue weighted by atomic mass is 9.91. The first-order valence-corrected chi connectivity index (χ1v) is 11.3. The molecule has 2 aromatic carbocycles. The number of carbonyl (C=O) groups is 2. The number of piperidine rings is 1. The quantitative estimate of drug-likeness (QED) is 0.402. The highest BCUT2D eigenvalue weighted by Crippen LogP contribution is 2.23. The number of nitrogens with two attached hydrogens (primary N) is 1. The monoisotopic (exact) mass is 443 g/mol. The fourth-order valence-electron chi connectivity index (χ4n) is 3.99. The fraction of sp³-hybridized carbons (Fsp3) is 0.269. The van der Waals surface area contributed by atoms with Crippen LogP contribution in [0.4, 0.5) is 17.2 Å². The van der Waals surface area contributed by atoms with Crippen molar-refractivity contribution in [1.82, 2.24) is 10.3 Å². The lowest BCUT2D eigenvalue weighted by Crippen LogP contribution is -2.35. The molecule has 0 spiro atoms. The third-order valence-corrected chi connectivity index (χ3v) is 5.85. The Balaban J connectivity index is 1.41. The van der Waals surface area contributed by atoms with Gasteiger partial charge in [-0.05, 0) is 42.6 Å². The number of pyridine rings is 1. The highest BCUT2D eigenvalue weighted by atomic mass is 16.1. The molecule has 2 heterocycles. The molecule has 33 heavy (non-hydrogen) atoms. The zero-order valence-electron chi connectivity index (χ0n) is 18.5. The Morgan fingerprint density at radius 1 is 1.06 bits per heavy atom. The van der Waals surface area contributed by atoms with Crippen molar-refractivity contribution >= 4 is 28.9 Å². The zero-order chi connectivity index (χ0) is 23.0. The van der Waals surface area contributed by atoms with Crippen molar-refractivity contribution in [3.8, 4) is 0 Å². The van der Waals surface area contributed by atoms with E-state index in [-0.39, 0.29) is 5.92 Å². The van der Waals surface area contributed by atoms with E-state index in [1.165, 1.54) is 6.20 Å². The number of nitrogens with one attached hydrogen (secondary N) is 3. The van der Waals surface area contributed by atoms with Crippen molar-refractivity contribution in [2.45, 2.75) is 25.8 Å². The Kier molecular flexibility index (Phi) is 7.32. The number of hydrogen-bond acceptors (Lipinski definition) is 6. The Hall–Kier alpha value is -3.71. The Morgan fingerprint density at radius 2 is 1.85 bits per heavy atom. The molecule has 0 bridgehead atoms. The first kappa shape index (κ1) is 22.5. The fourth-order valence-corrected chi connectivity index (χ4v) is 3.99. The summed E-state index contributed by atoms with van der Waals surface area (Å²) in [6.45, 7) is 2.35. The number of benzene rings is 2. The average Bonchev–Trinajstić information content (AvgIpc) is 2.85. The molecule has 1 unspecified atom stereocenters. The number of rotatable bonds is 9. The van der Waals surface area contributed by atoms with Crippen molar-refractivity contribution in [1.29, 1.82) is 0 Å². The zero-order valence-corrected chi connectivity index (χ0v) is 18.5. The van der Waals surface area contributed by atoms with Crippen LogP contribution >= 0.6 is 0 Å². The third kappa shape index (κ3) is 6.17. The first-order chi connectivity index (χ1) is 16.1. The van der Waals surface area contributed by atoms with Crippen LogP contribution in [-0.2, 0) is 17.8 Å². The van der Waals surface area contributed by atoms with Crippen molar-refractivity contribution in [3.05, 3.63) is 83.6 Å². The minimum absolute atomic E-state index is 0.117. The van der Waals surface area contributed by atoms with E-state index >= 15 is 0 Å². The first-order valence-electron chi connectivity index (χ1n) is 11.3. The number of hydrogen-bond donors (Lipinski definition) is 4. The molecule has 5 N–H and O–H groups in total. The van der Waals surface area contributed by atoms with E-state index in [1.807, 2.05) is 54.6 Å². The van der Waals surface area contributed by atoms with E-state index in [9.17, 15) is 9.59 Å². The van der Waals surface area contributed by atoms with Gasteiger partial charge in [-0.25, -0.2) is 4.98 Å². The Labute approximate surface area is 193 Å². The van der Waals surface area contributed by atoms with E-state index in [0.29, 0.717) is 35.8 Å². The minimum atomic E-state index is -0.535. The maximum absolute atomic E-state index is 12.5. The second kappa shape index (κ2) is 10.7. The van der Waals surface area contributed by atoms with Gasteiger partial charge in [0.15, 0.2) is 0 Å². The topological polar surface area (TPSA) is 109 Å². The highest BCUT2D eigenvalue weighted by molar-refractivity contribution is 5.98. The number of Topliss-reactive ketones (excluding diaryl/α,β-unsaturated/α-hetero) is 1. The predicted octanol–water partition coefficient (Wildman–Crippen LogP) is 3.65. The normalized spacial score (nSPS) is 15.6. The molecule has 1 aliphatic rings. The van der Waals surface area contributed by atoms with Crippen LogP contribution in [0.3, 0.4) is 0 Å². The summed E-state index contributed by atoms with van der Waals surface area (Å²) >= 11 is 0. The van der Waals surface area contributed by atoms with Crippen LogP contribution in [0.5, 0.6) is 0 Å². The number of anilines is 3. The molecule has 3 aromatic rings. The molecular formula is C26H29N5O2. The maximum Gasteiger partial charge on any atom is 0.252 e. The Bertz CT molecular complexity index is 1090. The summed E-state index contributed by atoms with van der Waals surface area (Å²) < 4.78 is 0. The van der Waals surface area contributed by atoms with Gasteiger partial charge < -0.3 is 21.7 Å². The van der Waals surface area contributed by atoms with E-state index in [1.54, 1.807) is 6.07 Å². The Morgan fingerprint density at radius 3 is 2.55 bits per heavy atom. The van der Waals surface area contributed by atoms with E-state index in [4.69, 9.17) is 5.73 Å². The third-order valence-electron chi connectivity index (χ3n) is 5.85. The summed E-state index contributed by atoms with van der Waals surface area (Å²) in [5.74, 6) is 0.464.